The van der Waals surface area contributed by atoms with Gasteiger partial charge in [-0.15, -0.1) is 0 Å². The summed E-state index contributed by atoms with van der Waals surface area (Å²) in [5.41, 5.74) is 4.21. The van der Waals surface area contributed by atoms with Crippen LogP contribution in [0.15, 0.2) is 72.9 Å². The smallest absolute Gasteiger partial charge is 0.252 e. The van der Waals surface area contributed by atoms with E-state index in [0.717, 1.165) is 54.9 Å². The van der Waals surface area contributed by atoms with E-state index in [0.29, 0.717) is 24.3 Å². The van der Waals surface area contributed by atoms with Crippen molar-refractivity contribution < 1.29 is 4.79 Å². The van der Waals surface area contributed by atoms with Crippen LogP contribution in [-0.4, -0.2) is 75.8 Å². The van der Waals surface area contributed by atoms with Gasteiger partial charge in [0.15, 0.2) is 5.65 Å². The van der Waals surface area contributed by atoms with Crippen molar-refractivity contribution in [2.24, 2.45) is 0 Å². The first-order valence-electron chi connectivity index (χ1n) is 12.8. The van der Waals surface area contributed by atoms with Crippen LogP contribution in [0, 0.1) is 0 Å². The lowest BCUT2D eigenvalue weighted by Gasteiger charge is -2.37. The molecule has 1 aliphatic heterocycles. The van der Waals surface area contributed by atoms with Crippen molar-refractivity contribution in [2.75, 3.05) is 39.3 Å². The van der Waals surface area contributed by atoms with E-state index in [1.54, 1.807) is 6.20 Å². The number of piperazine rings is 1. The number of hydrogen-bond donors (Lipinski definition) is 1. The number of fused-ring (bicyclic) bond motifs is 1. The van der Waals surface area contributed by atoms with E-state index in [1.807, 2.05) is 59.3 Å². The Morgan fingerprint density at radius 2 is 1.69 bits per heavy atom. The van der Waals surface area contributed by atoms with Gasteiger partial charge in [-0.3, -0.25) is 9.69 Å². The SMILES string of the molecule is CCN1CCN(C(C)CNC(=O)c2cc(-c3ccccc3)nc3c2cnn3Cc2ccccc2)CC1. The molecule has 1 aliphatic rings. The van der Waals surface area contributed by atoms with E-state index in [2.05, 4.69) is 46.2 Å². The average Bonchev–Trinajstić information content (AvgIpc) is 3.34. The number of benzene rings is 2. The topological polar surface area (TPSA) is 66.3 Å². The van der Waals surface area contributed by atoms with E-state index in [9.17, 15) is 4.79 Å². The van der Waals surface area contributed by atoms with Gasteiger partial charge in [-0.2, -0.15) is 5.10 Å². The minimum absolute atomic E-state index is 0.0853. The molecule has 7 heteroatoms. The molecule has 1 N–H and O–H groups in total. The Hall–Kier alpha value is -3.55. The number of carbonyl (C=O) groups is 1. The fraction of sp³-hybridized carbons (Fsp3) is 0.345. The number of nitrogens with zero attached hydrogens (tertiary/aromatic N) is 5. The first-order chi connectivity index (χ1) is 17.6. The summed E-state index contributed by atoms with van der Waals surface area (Å²) in [6.45, 7) is 10.9. The van der Waals surface area contributed by atoms with Crippen LogP contribution < -0.4 is 5.32 Å². The van der Waals surface area contributed by atoms with Crippen molar-refractivity contribution in [1.82, 2.24) is 29.9 Å². The second-order valence-corrected chi connectivity index (χ2v) is 9.48. The second-order valence-electron chi connectivity index (χ2n) is 9.48. The number of rotatable bonds is 8. The average molecular weight is 483 g/mol. The maximum absolute atomic E-state index is 13.5. The Balaban J connectivity index is 1.40. The van der Waals surface area contributed by atoms with Crippen molar-refractivity contribution in [1.29, 1.82) is 0 Å². The molecule has 4 aromatic rings. The molecule has 1 atom stereocenters. The highest BCUT2D eigenvalue weighted by atomic mass is 16.1. The maximum Gasteiger partial charge on any atom is 0.252 e. The Labute approximate surface area is 212 Å². The molecule has 0 radical (unpaired) electrons. The van der Waals surface area contributed by atoms with E-state index in [-0.39, 0.29) is 11.9 Å². The summed E-state index contributed by atoms with van der Waals surface area (Å²) in [5, 5.41) is 8.58. The lowest BCUT2D eigenvalue weighted by molar-refractivity contribution is 0.0884. The molecule has 186 valence electrons. The molecule has 1 unspecified atom stereocenters. The quantitative estimate of drug-likeness (QED) is 0.413. The van der Waals surface area contributed by atoms with Gasteiger partial charge in [0, 0.05) is 44.3 Å². The van der Waals surface area contributed by atoms with Gasteiger partial charge < -0.3 is 10.2 Å². The molecule has 2 aromatic heterocycles. The molecule has 1 fully saturated rings. The Morgan fingerprint density at radius 3 is 2.39 bits per heavy atom. The van der Waals surface area contributed by atoms with Crippen LogP contribution in [0.3, 0.4) is 0 Å². The monoisotopic (exact) mass is 482 g/mol. The number of likely N-dealkylation sites (N-methyl/N-ethyl adjacent to an activating group) is 1. The van der Waals surface area contributed by atoms with Crippen LogP contribution in [0.2, 0.25) is 0 Å². The molecular formula is C29H34N6O. The van der Waals surface area contributed by atoms with E-state index < -0.39 is 0 Å². The van der Waals surface area contributed by atoms with Crippen LogP contribution >= 0.6 is 0 Å². The maximum atomic E-state index is 13.5. The molecule has 7 nitrogen and oxygen atoms in total. The van der Waals surface area contributed by atoms with Gasteiger partial charge in [0.25, 0.3) is 5.91 Å². The fourth-order valence-electron chi connectivity index (χ4n) is 4.85. The molecule has 2 aromatic carbocycles. The van der Waals surface area contributed by atoms with Gasteiger partial charge in [-0.1, -0.05) is 67.6 Å². The van der Waals surface area contributed by atoms with Crippen molar-refractivity contribution in [3.8, 4) is 11.3 Å². The van der Waals surface area contributed by atoms with Crippen molar-refractivity contribution in [3.05, 3.63) is 84.1 Å². The number of nitrogens with one attached hydrogen (secondary N) is 1. The van der Waals surface area contributed by atoms with Crippen LogP contribution in [0.1, 0.15) is 29.8 Å². The number of carbonyl (C=O) groups excluding carboxylic acids is 1. The molecule has 1 saturated heterocycles. The summed E-state index contributed by atoms with van der Waals surface area (Å²) in [5.74, 6) is -0.0853. The molecule has 1 amide bonds. The molecule has 0 aliphatic carbocycles. The molecule has 0 saturated carbocycles. The standard InChI is InChI=1S/C29H34N6O/c1-3-33-14-16-34(17-15-33)22(2)19-30-29(36)25-18-27(24-12-8-5-9-13-24)32-28-26(25)20-31-35(28)21-23-10-6-4-7-11-23/h4-13,18,20,22H,3,14-17,19,21H2,1-2H3,(H,30,36). The second kappa shape index (κ2) is 11.0. The number of amides is 1. The summed E-state index contributed by atoms with van der Waals surface area (Å²) in [6.07, 6.45) is 1.77. The predicted molar refractivity (Wildman–Crippen MR) is 144 cm³/mol. The van der Waals surface area contributed by atoms with Crippen molar-refractivity contribution in [3.63, 3.8) is 0 Å². The minimum atomic E-state index is -0.0853. The predicted octanol–water partition coefficient (Wildman–Crippen LogP) is 3.90. The van der Waals surface area contributed by atoms with E-state index in [1.165, 1.54) is 0 Å². The zero-order valence-electron chi connectivity index (χ0n) is 21.1. The molecule has 36 heavy (non-hydrogen) atoms. The first kappa shape index (κ1) is 24.2. The van der Waals surface area contributed by atoms with Gasteiger partial charge in [0.2, 0.25) is 0 Å². The lowest BCUT2D eigenvalue weighted by atomic mass is 10.1. The third-order valence-corrected chi connectivity index (χ3v) is 7.13. The molecule has 0 bridgehead atoms. The highest BCUT2D eigenvalue weighted by Gasteiger charge is 2.22. The molecule has 5 rings (SSSR count). The highest BCUT2D eigenvalue weighted by molar-refractivity contribution is 6.06. The van der Waals surface area contributed by atoms with E-state index in [4.69, 9.17) is 4.98 Å². The summed E-state index contributed by atoms with van der Waals surface area (Å²) in [7, 11) is 0. The third-order valence-electron chi connectivity index (χ3n) is 7.13. The van der Waals surface area contributed by atoms with E-state index >= 15 is 0 Å². The molecule has 0 spiro atoms. The van der Waals surface area contributed by atoms with Crippen LogP contribution in [0.25, 0.3) is 22.3 Å². The third kappa shape index (κ3) is 5.32. The summed E-state index contributed by atoms with van der Waals surface area (Å²) in [6, 6.07) is 22.4. The highest BCUT2D eigenvalue weighted by Crippen LogP contribution is 2.25. The summed E-state index contributed by atoms with van der Waals surface area (Å²) < 4.78 is 1.88. The van der Waals surface area contributed by atoms with Crippen molar-refractivity contribution in [2.45, 2.75) is 26.4 Å². The summed E-state index contributed by atoms with van der Waals surface area (Å²) in [4.78, 5) is 23.4. The fourth-order valence-corrected chi connectivity index (χ4v) is 4.85. The number of pyridine rings is 1. The van der Waals surface area contributed by atoms with Crippen molar-refractivity contribution >= 4 is 16.9 Å². The number of aromatic nitrogens is 3. The van der Waals surface area contributed by atoms with Gasteiger partial charge in [0.1, 0.15) is 0 Å². The summed E-state index contributed by atoms with van der Waals surface area (Å²) >= 11 is 0. The van der Waals surface area contributed by atoms with Gasteiger partial charge in [-0.05, 0) is 25.1 Å². The van der Waals surface area contributed by atoms with Crippen LogP contribution in [0.4, 0.5) is 0 Å². The Morgan fingerprint density at radius 1 is 1.00 bits per heavy atom. The largest absolute Gasteiger partial charge is 0.350 e. The van der Waals surface area contributed by atoms with Gasteiger partial charge >= 0.3 is 0 Å². The van der Waals surface area contributed by atoms with Crippen LogP contribution in [-0.2, 0) is 6.54 Å². The van der Waals surface area contributed by atoms with Gasteiger partial charge in [-0.25, -0.2) is 9.67 Å². The molecular weight excluding hydrogens is 448 g/mol. The zero-order chi connectivity index (χ0) is 24.9. The Bertz CT molecular complexity index is 1300. The van der Waals surface area contributed by atoms with Gasteiger partial charge in [0.05, 0.1) is 29.4 Å². The Kier molecular flexibility index (Phi) is 7.39. The first-order valence-corrected chi connectivity index (χ1v) is 12.8. The molecule has 3 heterocycles. The minimum Gasteiger partial charge on any atom is -0.350 e. The normalized spacial score (nSPS) is 15.7. The zero-order valence-corrected chi connectivity index (χ0v) is 21.1. The number of hydrogen-bond acceptors (Lipinski definition) is 5. The lowest BCUT2D eigenvalue weighted by Crippen LogP contribution is -2.52. The van der Waals surface area contributed by atoms with Crippen LogP contribution in [0.5, 0.6) is 0 Å².